The predicted molar refractivity (Wildman–Crippen MR) is 45.3 cm³/mol. The van der Waals surface area contributed by atoms with Crippen molar-refractivity contribution in [2.24, 2.45) is 0 Å². The van der Waals surface area contributed by atoms with Crippen molar-refractivity contribution in [3.63, 3.8) is 0 Å². The Morgan fingerprint density at radius 1 is 1.50 bits per heavy atom. The first kappa shape index (κ1) is 8.64. The van der Waals surface area contributed by atoms with Crippen molar-refractivity contribution in [1.29, 1.82) is 0 Å². The number of allylic oxidation sites excluding steroid dienone is 1. The molecule has 0 saturated heterocycles. The van der Waals surface area contributed by atoms with Crippen molar-refractivity contribution >= 4 is 5.95 Å². The fourth-order valence-corrected chi connectivity index (χ4v) is 0.672. The van der Waals surface area contributed by atoms with Crippen molar-refractivity contribution < 1.29 is 4.39 Å². The maximum atomic E-state index is 12.3. The summed E-state index contributed by atoms with van der Waals surface area (Å²) in [4.78, 5) is 7.44. The first-order valence-corrected chi connectivity index (χ1v) is 3.65. The van der Waals surface area contributed by atoms with E-state index in [2.05, 4.69) is 15.3 Å². The summed E-state index contributed by atoms with van der Waals surface area (Å²) in [5.74, 6) is 0.0149. The quantitative estimate of drug-likeness (QED) is 0.695. The number of rotatable bonds is 3. The van der Waals surface area contributed by atoms with Crippen LogP contribution in [0, 0.1) is 5.82 Å². The van der Waals surface area contributed by atoms with Gasteiger partial charge >= 0.3 is 0 Å². The summed E-state index contributed by atoms with van der Waals surface area (Å²) >= 11 is 0. The molecule has 0 aliphatic carbocycles. The summed E-state index contributed by atoms with van der Waals surface area (Å²) in [7, 11) is 0. The third-order valence-electron chi connectivity index (χ3n) is 1.23. The average molecular weight is 167 g/mol. The molecule has 1 aromatic rings. The molecule has 0 amide bonds. The number of hydrogen-bond donors (Lipinski definition) is 1. The van der Waals surface area contributed by atoms with Crippen LogP contribution in [0.4, 0.5) is 10.3 Å². The Kier molecular flexibility index (Phi) is 3.19. The molecule has 0 fully saturated rings. The van der Waals surface area contributed by atoms with Crippen LogP contribution in [0.3, 0.4) is 0 Å². The lowest BCUT2D eigenvalue weighted by atomic mass is 10.5. The van der Waals surface area contributed by atoms with Crippen molar-refractivity contribution in [1.82, 2.24) is 9.97 Å². The van der Waals surface area contributed by atoms with E-state index in [1.807, 2.05) is 19.1 Å². The molecule has 0 atom stereocenters. The fourth-order valence-electron chi connectivity index (χ4n) is 0.672. The average Bonchev–Trinajstić information content (AvgIpc) is 2.09. The second kappa shape index (κ2) is 4.43. The highest BCUT2D eigenvalue weighted by molar-refractivity contribution is 5.23. The van der Waals surface area contributed by atoms with Crippen LogP contribution >= 0.6 is 0 Å². The lowest BCUT2D eigenvalue weighted by Gasteiger charge is -1.98. The Morgan fingerprint density at radius 2 is 2.17 bits per heavy atom. The maximum absolute atomic E-state index is 12.3. The van der Waals surface area contributed by atoms with Gasteiger partial charge < -0.3 is 5.32 Å². The van der Waals surface area contributed by atoms with E-state index in [0.717, 1.165) is 12.4 Å². The molecule has 0 aliphatic rings. The van der Waals surface area contributed by atoms with Gasteiger partial charge in [0.05, 0.1) is 12.4 Å². The highest BCUT2D eigenvalue weighted by Crippen LogP contribution is 1.96. The number of halogens is 1. The fraction of sp³-hybridized carbons (Fsp3) is 0.250. The standard InChI is InChI=1S/C8H10FN3/c1-2-3-4-10-8-11-5-7(9)6-12-8/h2-3,5-6H,4H2,1H3,(H,10,11,12)/b3-2+. The van der Waals surface area contributed by atoms with Gasteiger partial charge in [-0.3, -0.25) is 0 Å². The molecule has 0 saturated carbocycles. The zero-order valence-corrected chi connectivity index (χ0v) is 6.79. The van der Waals surface area contributed by atoms with Crippen LogP contribution in [0.15, 0.2) is 24.5 Å². The molecule has 64 valence electrons. The van der Waals surface area contributed by atoms with E-state index in [4.69, 9.17) is 0 Å². The van der Waals surface area contributed by atoms with Gasteiger partial charge in [0.1, 0.15) is 0 Å². The number of nitrogens with zero attached hydrogens (tertiary/aromatic N) is 2. The summed E-state index contributed by atoms with van der Waals surface area (Å²) in [6.07, 6.45) is 6.10. The van der Waals surface area contributed by atoms with Crippen molar-refractivity contribution in [2.45, 2.75) is 6.92 Å². The summed E-state index contributed by atoms with van der Waals surface area (Å²) in [6.45, 7) is 2.58. The molecule has 0 aliphatic heterocycles. The highest BCUT2D eigenvalue weighted by Gasteiger charge is 1.92. The number of hydrogen-bond acceptors (Lipinski definition) is 3. The summed E-state index contributed by atoms with van der Waals surface area (Å²) in [5, 5.41) is 2.90. The number of aromatic nitrogens is 2. The Balaban J connectivity index is 2.47. The van der Waals surface area contributed by atoms with Gasteiger partial charge in [-0.25, -0.2) is 14.4 Å². The Bertz CT molecular complexity index is 256. The van der Waals surface area contributed by atoms with Gasteiger partial charge in [-0.05, 0) is 6.92 Å². The van der Waals surface area contributed by atoms with E-state index >= 15 is 0 Å². The monoisotopic (exact) mass is 167 g/mol. The molecule has 1 aromatic heterocycles. The van der Waals surface area contributed by atoms with E-state index in [-0.39, 0.29) is 0 Å². The molecule has 4 heteroatoms. The van der Waals surface area contributed by atoms with Gasteiger partial charge in [0.25, 0.3) is 0 Å². The van der Waals surface area contributed by atoms with Gasteiger partial charge in [0, 0.05) is 6.54 Å². The molecular weight excluding hydrogens is 157 g/mol. The molecule has 0 radical (unpaired) electrons. The van der Waals surface area contributed by atoms with Crippen LogP contribution in [0.1, 0.15) is 6.92 Å². The first-order valence-electron chi connectivity index (χ1n) is 3.65. The third kappa shape index (κ3) is 2.65. The van der Waals surface area contributed by atoms with E-state index < -0.39 is 5.82 Å². The molecule has 0 bridgehead atoms. The number of anilines is 1. The molecule has 0 unspecified atom stereocenters. The second-order valence-electron chi connectivity index (χ2n) is 2.17. The molecule has 1 N–H and O–H groups in total. The minimum absolute atomic E-state index is 0.424. The molecular formula is C8H10FN3. The van der Waals surface area contributed by atoms with Gasteiger partial charge in [0.15, 0.2) is 5.82 Å². The predicted octanol–water partition coefficient (Wildman–Crippen LogP) is 1.60. The van der Waals surface area contributed by atoms with E-state index in [0.29, 0.717) is 12.5 Å². The van der Waals surface area contributed by atoms with Crippen LogP contribution < -0.4 is 5.32 Å². The minimum Gasteiger partial charge on any atom is -0.351 e. The Labute approximate surface area is 70.4 Å². The first-order chi connectivity index (χ1) is 5.83. The van der Waals surface area contributed by atoms with Crippen molar-refractivity contribution in [3.05, 3.63) is 30.4 Å². The Morgan fingerprint density at radius 3 is 2.75 bits per heavy atom. The van der Waals surface area contributed by atoms with Gasteiger partial charge in [-0.15, -0.1) is 0 Å². The zero-order valence-electron chi connectivity index (χ0n) is 6.79. The molecule has 1 heterocycles. The van der Waals surface area contributed by atoms with E-state index in [1.165, 1.54) is 0 Å². The smallest absolute Gasteiger partial charge is 0.223 e. The Hall–Kier alpha value is -1.45. The van der Waals surface area contributed by atoms with Crippen LogP contribution in [0.25, 0.3) is 0 Å². The molecule has 0 aromatic carbocycles. The van der Waals surface area contributed by atoms with Crippen molar-refractivity contribution in [2.75, 3.05) is 11.9 Å². The third-order valence-corrected chi connectivity index (χ3v) is 1.23. The molecule has 3 nitrogen and oxygen atoms in total. The van der Waals surface area contributed by atoms with Gasteiger partial charge in [0.2, 0.25) is 5.95 Å². The van der Waals surface area contributed by atoms with Gasteiger partial charge in [-0.1, -0.05) is 12.2 Å². The summed E-state index contributed by atoms with van der Waals surface area (Å²) in [6, 6.07) is 0. The minimum atomic E-state index is -0.424. The van der Waals surface area contributed by atoms with Crippen LogP contribution in [0.2, 0.25) is 0 Å². The lowest BCUT2D eigenvalue weighted by Crippen LogP contribution is -2.02. The highest BCUT2D eigenvalue weighted by atomic mass is 19.1. The summed E-state index contributed by atoms with van der Waals surface area (Å²) in [5.41, 5.74) is 0. The zero-order chi connectivity index (χ0) is 8.81. The molecule has 1 rings (SSSR count). The summed E-state index contributed by atoms with van der Waals surface area (Å²) < 4.78 is 12.3. The normalized spacial score (nSPS) is 10.5. The van der Waals surface area contributed by atoms with E-state index in [9.17, 15) is 4.39 Å². The molecule has 0 spiro atoms. The topological polar surface area (TPSA) is 37.8 Å². The SMILES string of the molecule is C/C=C/CNc1ncc(F)cn1. The van der Waals surface area contributed by atoms with Crippen LogP contribution in [-0.2, 0) is 0 Å². The van der Waals surface area contributed by atoms with E-state index in [1.54, 1.807) is 0 Å². The van der Waals surface area contributed by atoms with Gasteiger partial charge in [-0.2, -0.15) is 0 Å². The van der Waals surface area contributed by atoms with Crippen LogP contribution in [0.5, 0.6) is 0 Å². The largest absolute Gasteiger partial charge is 0.351 e. The molecule has 12 heavy (non-hydrogen) atoms. The van der Waals surface area contributed by atoms with Crippen molar-refractivity contribution in [3.8, 4) is 0 Å². The second-order valence-corrected chi connectivity index (χ2v) is 2.17. The maximum Gasteiger partial charge on any atom is 0.223 e. The van der Waals surface area contributed by atoms with Crippen LogP contribution in [-0.4, -0.2) is 16.5 Å². The number of nitrogens with one attached hydrogen (secondary N) is 1. The lowest BCUT2D eigenvalue weighted by molar-refractivity contribution is 0.614.